The highest BCUT2D eigenvalue weighted by atomic mass is 16.3. The first-order valence-corrected chi connectivity index (χ1v) is 8.79. The van der Waals surface area contributed by atoms with Crippen LogP contribution in [0.2, 0.25) is 0 Å². The number of aromatic nitrogens is 1. The van der Waals surface area contributed by atoms with Crippen LogP contribution in [0.15, 0.2) is 23.1 Å². The number of carbonyl (C=O) groups is 2. The molecule has 7 nitrogen and oxygen atoms in total. The zero-order valence-electron chi connectivity index (χ0n) is 14.4. The van der Waals surface area contributed by atoms with Gasteiger partial charge in [-0.15, -0.1) is 0 Å². The predicted octanol–water partition coefficient (Wildman–Crippen LogP) is 0.862. The maximum Gasteiger partial charge on any atom is 0.274 e. The Kier molecular flexibility index (Phi) is 4.94. The highest BCUT2D eigenvalue weighted by molar-refractivity contribution is 5.77. The third-order valence-electron chi connectivity index (χ3n) is 5.34. The molecule has 2 amide bonds. The lowest BCUT2D eigenvalue weighted by molar-refractivity contribution is -0.126. The molecule has 4 atom stereocenters. The second-order valence-corrected chi connectivity index (χ2v) is 7.65. The van der Waals surface area contributed by atoms with Crippen LogP contribution in [-0.4, -0.2) is 33.6 Å². The maximum absolute atomic E-state index is 12.6. The average Bonchev–Trinajstić information content (AvgIpc) is 2.49. The van der Waals surface area contributed by atoms with E-state index in [-0.39, 0.29) is 29.8 Å². The molecular formula is C18H25N3O4. The molecule has 2 saturated carbocycles. The molecule has 3 rings (SSSR count). The summed E-state index contributed by atoms with van der Waals surface area (Å²) in [5.41, 5.74) is -0.650. The Morgan fingerprint density at radius 1 is 1.40 bits per heavy atom. The minimum absolute atomic E-state index is 0.107. The van der Waals surface area contributed by atoms with Crippen LogP contribution in [0.25, 0.3) is 0 Å². The number of carbonyl (C=O) groups excluding carboxylic acids is 2. The molecule has 1 aromatic heterocycles. The fourth-order valence-corrected chi connectivity index (χ4v) is 4.78. The maximum atomic E-state index is 12.6. The lowest BCUT2D eigenvalue weighted by Gasteiger charge is -2.49. The Hall–Kier alpha value is -2.15. The van der Waals surface area contributed by atoms with Gasteiger partial charge in [0.1, 0.15) is 12.2 Å². The Bertz CT molecular complexity index is 695. The first-order valence-electron chi connectivity index (χ1n) is 8.79. The molecule has 136 valence electrons. The van der Waals surface area contributed by atoms with Crippen LogP contribution in [0, 0.1) is 11.8 Å². The molecule has 7 heteroatoms. The van der Waals surface area contributed by atoms with Crippen LogP contribution in [0.1, 0.15) is 39.0 Å². The van der Waals surface area contributed by atoms with Gasteiger partial charge in [0, 0.05) is 11.7 Å². The Balaban J connectivity index is 1.73. The van der Waals surface area contributed by atoms with Gasteiger partial charge in [0.2, 0.25) is 12.3 Å². The van der Waals surface area contributed by atoms with E-state index in [0.717, 1.165) is 25.7 Å². The summed E-state index contributed by atoms with van der Waals surface area (Å²) in [6.07, 6.45) is 5.80. The molecular weight excluding hydrogens is 322 g/mol. The van der Waals surface area contributed by atoms with Crippen LogP contribution in [-0.2, 0) is 16.1 Å². The number of aliphatic hydroxyl groups excluding tert-OH is 1. The Labute approximate surface area is 146 Å². The van der Waals surface area contributed by atoms with Crippen molar-refractivity contribution in [3.05, 3.63) is 28.7 Å². The number of hydrogen-bond donors (Lipinski definition) is 3. The van der Waals surface area contributed by atoms with E-state index in [1.165, 1.54) is 16.8 Å². The number of anilines is 1. The van der Waals surface area contributed by atoms with Crippen molar-refractivity contribution in [2.45, 2.75) is 57.2 Å². The summed E-state index contributed by atoms with van der Waals surface area (Å²) >= 11 is 0. The lowest BCUT2D eigenvalue weighted by atomic mass is 9.63. The third-order valence-corrected chi connectivity index (χ3v) is 5.34. The standard InChI is InChI=1S/C18H25N3O4/c1-12-5-13-6-14(23)9-18(7-12,8-13)20-16(24)10-21-4-2-3-15(17(21)25)19-11-22/h2-4,11-14,23H,5-10H2,1H3,(H,19,22)(H,20,24). The highest BCUT2D eigenvalue weighted by Gasteiger charge is 2.45. The van der Waals surface area contributed by atoms with E-state index in [0.29, 0.717) is 24.7 Å². The quantitative estimate of drug-likeness (QED) is 0.688. The average molecular weight is 347 g/mol. The topological polar surface area (TPSA) is 100 Å². The largest absolute Gasteiger partial charge is 0.393 e. The summed E-state index contributed by atoms with van der Waals surface area (Å²) in [6, 6.07) is 3.11. The Morgan fingerprint density at radius 3 is 2.96 bits per heavy atom. The molecule has 0 spiro atoms. The smallest absolute Gasteiger partial charge is 0.274 e. The molecule has 2 bridgehead atoms. The van der Waals surface area contributed by atoms with Crippen molar-refractivity contribution >= 4 is 18.0 Å². The first-order chi connectivity index (χ1) is 11.9. The molecule has 0 saturated heterocycles. The SMILES string of the molecule is CC1CC2CC(O)CC(NC(=O)Cn3cccc(NC=O)c3=O)(C1)C2. The van der Waals surface area contributed by atoms with Crippen LogP contribution in [0.3, 0.4) is 0 Å². The van der Waals surface area contributed by atoms with Crippen molar-refractivity contribution in [1.82, 2.24) is 9.88 Å². The van der Waals surface area contributed by atoms with Crippen molar-refractivity contribution in [1.29, 1.82) is 0 Å². The van der Waals surface area contributed by atoms with E-state index in [1.54, 1.807) is 6.07 Å². The van der Waals surface area contributed by atoms with Gasteiger partial charge in [-0.05, 0) is 56.1 Å². The molecule has 1 heterocycles. The molecule has 25 heavy (non-hydrogen) atoms. The number of fused-ring (bicyclic) bond motifs is 2. The van der Waals surface area contributed by atoms with Gasteiger partial charge in [-0.1, -0.05) is 6.92 Å². The van der Waals surface area contributed by atoms with Crippen LogP contribution in [0.5, 0.6) is 0 Å². The van der Waals surface area contributed by atoms with E-state index in [1.807, 2.05) is 0 Å². The third kappa shape index (κ3) is 3.92. The van der Waals surface area contributed by atoms with E-state index >= 15 is 0 Å². The van der Waals surface area contributed by atoms with Gasteiger partial charge in [0.15, 0.2) is 0 Å². The molecule has 1 aromatic rings. The summed E-state index contributed by atoms with van der Waals surface area (Å²) in [6.45, 7) is 2.08. The van der Waals surface area contributed by atoms with Gasteiger partial charge in [-0.2, -0.15) is 0 Å². The number of amides is 2. The van der Waals surface area contributed by atoms with E-state index in [9.17, 15) is 19.5 Å². The molecule has 0 radical (unpaired) electrons. The zero-order valence-corrected chi connectivity index (χ0v) is 14.4. The molecule has 2 aliphatic carbocycles. The summed E-state index contributed by atoms with van der Waals surface area (Å²) in [4.78, 5) is 35.3. The monoisotopic (exact) mass is 347 g/mol. The van der Waals surface area contributed by atoms with Gasteiger partial charge >= 0.3 is 0 Å². The molecule has 0 aliphatic heterocycles. The molecule has 0 aromatic carbocycles. The van der Waals surface area contributed by atoms with Gasteiger partial charge in [-0.3, -0.25) is 14.4 Å². The minimum atomic E-state index is -0.416. The van der Waals surface area contributed by atoms with Crippen molar-refractivity contribution in [3.63, 3.8) is 0 Å². The van der Waals surface area contributed by atoms with Crippen LogP contribution >= 0.6 is 0 Å². The number of pyridine rings is 1. The van der Waals surface area contributed by atoms with Gasteiger partial charge in [0.25, 0.3) is 5.56 Å². The second-order valence-electron chi connectivity index (χ2n) is 7.65. The first kappa shape index (κ1) is 17.7. The second kappa shape index (κ2) is 7.00. The van der Waals surface area contributed by atoms with Crippen LogP contribution < -0.4 is 16.2 Å². The van der Waals surface area contributed by atoms with Gasteiger partial charge < -0.3 is 20.3 Å². The minimum Gasteiger partial charge on any atom is -0.393 e. The molecule has 4 unspecified atom stereocenters. The Morgan fingerprint density at radius 2 is 2.20 bits per heavy atom. The summed E-state index contributed by atoms with van der Waals surface area (Å²) < 4.78 is 1.28. The normalized spacial score (nSPS) is 31.2. The fraction of sp³-hybridized carbons (Fsp3) is 0.611. The van der Waals surface area contributed by atoms with E-state index < -0.39 is 5.56 Å². The molecule has 2 aliphatic rings. The van der Waals surface area contributed by atoms with E-state index in [2.05, 4.69) is 17.6 Å². The van der Waals surface area contributed by atoms with Crippen molar-refractivity contribution < 1.29 is 14.7 Å². The highest BCUT2D eigenvalue weighted by Crippen LogP contribution is 2.45. The number of rotatable bonds is 5. The fourth-order valence-electron chi connectivity index (χ4n) is 4.78. The number of hydrogen-bond acceptors (Lipinski definition) is 4. The van der Waals surface area contributed by atoms with Gasteiger partial charge in [-0.25, -0.2) is 0 Å². The molecule has 3 N–H and O–H groups in total. The number of nitrogens with zero attached hydrogens (tertiary/aromatic N) is 1. The lowest BCUT2D eigenvalue weighted by Crippen LogP contribution is -2.58. The van der Waals surface area contributed by atoms with Crippen LogP contribution in [0.4, 0.5) is 5.69 Å². The zero-order chi connectivity index (χ0) is 18.0. The van der Waals surface area contributed by atoms with Gasteiger partial charge in [0.05, 0.1) is 6.10 Å². The summed E-state index contributed by atoms with van der Waals surface area (Å²) in [5.74, 6) is 0.706. The van der Waals surface area contributed by atoms with E-state index in [4.69, 9.17) is 0 Å². The number of nitrogens with one attached hydrogen (secondary N) is 2. The van der Waals surface area contributed by atoms with Crippen molar-refractivity contribution in [3.8, 4) is 0 Å². The predicted molar refractivity (Wildman–Crippen MR) is 93.0 cm³/mol. The molecule has 2 fully saturated rings. The summed E-state index contributed by atoms with van der Waals surface area (Å²) in [7, 11) is 0. The summed E-state index contributed by atoms with van der Waals surface area (Å²) in [5, 5.41) is 15.6. The number of aliphatic hydroxyl groups is 1. The van der Waals surface area contributed by atoms with Crippen molar-refractivity contribution in [2.24, 2.45) is 11.8 Å². The van der Waals surface area contributed by atoms with Crippen molar-refractivity contribution in [2.75, 3.05) is 5.32 Å².